The minimum Gasteiger partial charge on any atom is -0.450 e. The standard InChI is InChI=1S/C18H22N2O3S/c1-11(2)8-12-9-18(3,23-16(12)21)17(22)24-10-15-19-13-6-4-5-7-14(13)20-15/h4-7,11-12H,8-10H2,1-3H3,(H,19,20). The molecule has 1 saturated heterocycles. The number of aromatic nitrogens is 2. The van der Waals surface area contributed by atoms with E-state index in [0.717, 1.165) is 35.0 Å². The van der Waals surface area contributed by atoms with Crippen LogP contribution >= 0.6 is 11.8 Å². The molecule has 2 atom stereocenters. The van der Waals surface area contributed by atoms with Crippen molar-refractivity contribution in [2.24, 2.45) is 11.8 Å². The molecule has 0 bridgehead atoms. The van der Waals surface area contributed by atoms with Crippen LogP contribution in [0, 0.1) is 11.8 Å². The quantitative estimate of drug-likeness (QED) is 0.836. The van der Waals surface area contributed by atoms with Crippen molar-refractivity contribution in [2.45, 2.75) is 45.0 Å². The highest BCUT2D eigenvalue weighted by Crippen LogP contribution is 2.38. The highest BCUT2D eigenvalue weighted by molar-refractivity contribution is 8.13. The Morgan fingerprint density at radius 1 is 1.46 bits per heavy atom. The van der Waals surface area contributed by atoms with E-state index in [-0.39, 0.29) is 17.0 Å². The number of cyclic esters (lactones) is 1. The average molecular weight is 346 g/mol. The highest BCUT2D eigenvalue weighted by Gasteiger charge is 2.48. The number of imidazole rings is 1. The van der Waals surface area contributed by atoms with Crippen molar-refractivity contribution in [3.05, 3.63) is 30.1 Å². The number of carbonyl (C=O) groups excluding carboxylic acids is 2. The number of nitrogens with one attached hydrogen (secondary N) is 1. The Kier molecular flexibility index (Phi) is 4.67. The zero-order valence-electron chi connectivity index (χ0n) is 14.2. The zero-order chi connectivity index (χ0) is 17.3. The summed E-state index contributed by atoms with van der Waals surface area (Å²) in [5.74, 6) is 1.18. The van der Waals surface area contributed by atoms with Crippen molar-refractivity contribution >= 4 is 33.9 Å². The van der Waals surface area contributed by atoms with Crippen molar-refractivity contribution in [1.29, 1.82) is 0 Å². The van der Waals surface area contributed by atoms with E-state index >= 15 is 0 Å². The Morgan fingerprint density at radius 3 is 2.92 bits per heavy atom. The third-order valence-corrected chi connectivity index (χ3v) is 5.37. The number of rotatable bonds is 5. The molecule has 2 aromatic rings. The van der Waals surface area contributed by atoms with Crippen molar-refractivity contribution in [3.8, 4) is 0 Å². The van der Waals surface area contributed by atoms with Crippen LogP contribution in [0.15, 0.2) is 24.3 Å². The van der Waals surface area contributed by atoms with Gasteiger partial charge in [-0.1, -0.05) is 37.7 Å². The van der Waals surface area contributed by atoms with Gasteiger partial charge in [0.25, 0.3) is 0 Å². The van der Waals surface area contributed by atoms with Crippen LogP contribution < -0.4 is 0 Å². The van der Waals surface area contributed by atoms with Gasteiger partial charge >= 0.3 is 5.97 Å². The van der Waals surface area contributed by atoms with E-state index in [2.05, 4.69) is 23.8 Å². The number of thioether (sulfide) groups is 1. The SMILES string of the molecule is CC(C)CC1CC(C)(C(=O)SCc2nc3ccccc3[nH]2)OC1=O. The lowest BCUT2D eigenvalue weighted by Crippen LogP contribution is -2.32. The smallest absolute Gasteiger partial charge is 0.310 e. The Balaban J connectivity index is 1.63. The number of carbonyl (C=O) groups is 2. The second kappa shape index (κ2) is 6.59. The molecule has 1 aromatic carbocycles. The number of hydrogen-bond donors (Lipinski definition) is 1. The van der Waals surface area contributed by atoms with E-state index in [9.17, 15) is 9.59 Å². The molecule has 1 aliphatic heterocycles. The number of H-pyrrole nitrogens is 1. The zero-order valence-corrected chi connectivity index (χ0v) is 15.0. The second-order valence-electron chi connectivity index (χ2n) is 6.96. The Hall–Kier alpha value is -1.82. The maximum Gasteiger partial charge on any atom is 0.310 e. The maximum absolute atomic E-state index is 12.6. The first-order valence-electron chi connectivity index (χ1n) is 8.21. The number of nitrogens with zero attached hydrogens (tertiary/aromatic N) is 1. The molecule has 1 N–H and O–H groups in total. The summed E-state index contributed by atoms with van der Waals surface area (Å²) in [7, 11) is 0. The fourth-order valence-corrected chi connectivity index (χ4v) is 3.97. The van der Waals surface area contributed by atoms with E-state index in [0.29, 0.717) is 18.1 Å². The second-order valence-corrected chi connectivity index (χ2v) is 7.91. The van der Waals surface area contributed by atoms with Crippen LogP contribution in [0.25, 0.3) is 11.0 Å². The van der Waals surface area contributed by atoms with E-state index in [1.165, 1.54) is 0 Å². The summed E-state index contributed by atoms with van der Waals surface area (Å²) in [5, 5.41) is -0.109. The van der Waals surface area contributed by atoms with Gasteiger partial charge in [0.1, 0.15) is 5.82 Å². The molecule has 0 saturated carbocycles. The summed E-state index contributed by atoms with van der Waals surface area (Å²) in [5.41, 5.74) is 0.819. The van der Waals surface area contributed by atoms with Crippen LogP contribution in [-0.4, -0.2) is 26.7 Å². The summed E-state index contributed by atoms with van der Waals surface area (Å²) in [6, 6.07) is 7.75. The van der Waals surface area contributed by atoms with Gasteiger partial charge in [-0.15, -0.1) is 0 Å². The number of esters is 1. The molecule has 2 unspecified atom stereocenters. The lowest BCUT2D eigenvalue weighted by atomic mass is 9.90. The number of hydrogen-bond acceptors (Lipinski definition) is 5. The van der Waals surface area contributed by atoms with Crippen molar-refractivity contribution in [1.82, 2.24) is 9.97 Å². The molecule has 128 valence electrons. The van der Waals surface area contributed by atoms with Crippen LogP contribution in [-0.2, 0) is 20.1 Å². The minimum atomic E-state index is -1.02. The molecule has 1 fully saturated rings. The molecule has 3 rings (SSSR count). The topological polar surface area (TPSA) is 72.1 Å². The van der Waals surface area contributed by atoms with Gasteiger partial charge < -0.3 is 9.72 Å². The van der Waals surface area contributed by atoms with E-state index < -0.39 is 5.60 Å². The fourth-order valence-electron chi connectivity index (χ4n) is 3.13. The summed E-state index contributed by atoms with van der Waals surface area (Å²) in [6.07, 6.45) is 1.23. The van der Waals surface area contributed by atoms with Gasteiger partial charge in [0.15, 0.2) is 5.60 Å². The van der Waals surface area contributed by atoms with Gasteiger partial charge in [-0.05, 0) is 31.4 Å². The van der Waals surface area contributed by atoms with Crippen LogP contribution in [0.3, 0.4) is 0 Å². The van der Waals surface area contributed by atoms with E-state index in [4.69, 9.17) is 4.74 Å². The molecule has 1 aliphatic rings. The largest absolute Gasteiger partial charge is 0.450 e. The Labute approximate surface area is 145 Å². The number of ether oxygens (including phenoxy) is 1. The molecule has 5 nitrogen and oxygen atoms in total. The third-order valence-electron chi connectivity index (χ3n) is 4.26. The third kappa shape index (κ3) is 3.48. The van der Waals surface area contributed by atoms with E-state index in [1.54, 1.807) is 6.92 Å². The van der Waals surface area contributed by atoms with Gasteiger partial charge in [0.05, 0.1) is 22.7 Å². The molecule has 24 heavy (non-hydrogen) atoms. The molecule has 6 heteroatoms. The first kappa shape index (κ1) is 17.0. The summed E-state index contributed by atoms with van der Waals surface area (Å²) in [6.45, 7) is 5.86. The monoisotopic (exact) mass is 346 g/mol. The molecule has 0 aliphatic carbocycles. The van der Waals surface area contributed by atoms with Gasteiger partial charge in [-0.2, -0.15) is 0 Å². The molecular formula is C18H22N2O3S. The van der Waals surface area contributed by atoms with Gasteiger partial charge in [-0.3, -0.25) is 9.59 Å². The molecule has 0 spiro atoms. The Bertz CT molecular complexity index is 737. The van der Waals surface area contributed by atoms with E-state index in [1.807, 2.05) is 24.3 Å². The minimum absolute atomic E-state index is 0.109. The normalized spacial score (nSPS) is 23.8. The first-order valence-corrected chi connectivity index (χ1v) is 9.19. The average Bonchev–Trinajstić information content (AvgIpc) is 3.05. The van der Waals surface area contributed by atoms with Crippen LogP contribution in [0.4, 0.5) is 0 Å². The number of benzene rings is 1. The van der Waals surface area contributed by atoms with Crippen molar-refractivity contribution in [2.75, 3.05) is 0 Å². The molecule has 0 radical (unpaired) electrons. The van der Waals surface area contributed by atoms with Gasteiger partial charge in [0, 0.05) is 6.42 Å². The number of para-hydroxylation sites is 2. The lowest BCUT2D eigenvalue weighted by Gasteiger charge is -2.20. The highest BCUT2D eigenvalue weighted by atomic mass is 32.2. The maximum atomic E-state index is 12.6. The summed E-state index contributed by atoms with van der Waals surface area (Å²) in [4.78, 5) is 32.3. The van der Waals surface area contributed by atoms with Crippen LogP contribution in [0.5, 0.6) is 0 Å². The molecule has 1 aromatic heterocycles. The summed E-state index contributed by atoms with van der Waals surface area (Å²) >= 11 is 1.15. The summed E-state index contributed by atoms with van der Waals surface area (Å²) < 4.78 is 5.43. The fraction of sp³-hybridized carbons (Fsp3) is 0.500. The van der Waals surface area contributed by atoms with Crippen molar-refractivity contribution < 1.29 is 14.3 Å². The molecule has 2 heterocycles. The predicted molar refractivity (Wildman–Crippen MR) is 94.5 cm³/mol. The number of fused-ring (bicyclic) bond motifs is 1. The lowest BCUT2D eigenvalue weighted by molar-refractivity contribution is -0.153. The van der Waals surface area contributed by atoms with Crippen LogP contribution in [0.1, 0.15) is 39.4 Å². The van der Waals surface area contributed by atoms with Gasteiger partial charge in [0.2, 0.25) is 5.12 Å². The molecular weight excluding hydrogens is 324 g/mol. The van der Waals surface area contributed by atoms with Crippen molar-refractivity contribution in [3.63, 3.8) is 0 Å². The molecule has 0 amide bonds. The number of aromatic amines is 1. The van der Waals surface area contributed by atoms with Gasteiger partial charge in [-0.25, -0.2) is 4.98 Å². The Morgan fingerprint density at radius 2 is 2.21 bits per heavy atom. The first-order chi connectivity index (χ1) is 11.4. The van der Waals surface area contributed by atoms with Crippen LogP contribution in [0.2, 0.25) is 0 Å². The predicted octanol–water partition coefficient (Wildman–Crippen LogP) is 3.69.